The molecule has 2 aromatic carbocycles. The number of alkyl halides is 3. The molecule has 1 aliphatic rings. The molecule has 1 aromatic heterocycles. The summed E-state index contributed by atoms with van der Waals surface area (Å²) < 4.78 is 41.8. The van der Waals surface area contributed by atoms with Gasteiger partial charge in [0.1, 0.15) is 0 Å². The molecule has 0 saturated carbocycles. The lowest BCUT2D eigenvalue weighted by Gasteiger charge is -2.38. The van der Waals surface area contributed by atoms with Crippen LogP contribution >= 0.6 is 23.3 Å². The fourth-order valence-corrected chi connectivity index (χ4v) is 5.21. The average molecular weight is 482 g/mol. The second kappa shape index (κ2) is 9.29. The number of carbonyl (C=O) groups excluding carboxylic acids is 1. The van der Waals surface area contributed by atoms with E-state index in [0.717, 1.165) is 20.8 Å². The van der Waals surface area contributed by atoms with E-state index in [1.54, 1.807) is 28.4 Å². The highest BCUT2D eigenvalue weighted by atomic mass is 32.2. The molecule has 2 heterocycles. The first-order valence-corrected chi connectivity index (χ1v) is 11.9. The molecular weight excluding hydrogens is 459 g/mol. The quantitative estimate of drug-likeness (QED) is 0.441. The number of halogens is 3. The number of aromatic nitrogens is 1. The second-order valence-electron chi connectivity index (χ2n) is 7.87. The SMILES string of the molecule is O=C(c1ccc(NSc2cccc3scnc23)cc1)N1CCC(O)(CCC(F)(F)F)CC1. The average Bonchev–Trinajstić information content (AvgIpc) is 3.26. The predicted octanol–water partition coefficient (Wildman–Crippen LogP) is 5.73. The Hall–Kier alpha value is -2.30. The van der Waals surface area contributed by atoms with Crippen LogP contribution in [0.15, 0.2) is 52.9 Å². The molecule has 1 amide bonds. The van der Waals surface area contributed by atoms with Crippen molar-refractivity contribution in [2.75, 3.05) is 17.8 Å². The van der Waals surface area contributed by atoms with E-state index in [4.69, 9.17) is 0 Å². The normalized spacial score (nSPS) is 16.3. The molecule has 1 aliphatic heterocycles. The molecule has 4 rings (SSSR count). The van der Waals surface area contributed by atoms with Crippen molar-refractivity contribution in [1.82, 2.24) is 9.88 Å². The maximum atomic E-state index is 12.8. The Labute approximate surface area is 191 Å². The van der Waals surface area contributed by atoms with Gasteiger partial charge in [0.25, 0.3) is 5.91 Å². The van der Waals surface area contributed by atoms with Crippen LogP contribution in [0.25, 0.3) is 10.2 Å². The van der Waals surface area contributed by atoms with Gasteiger partial charge >= 0.3 is 6.18 Å². The third kappa shape index (κ3) is 5.54. The van der Waals surface area contributed by atoms with Gasteiger partial charge in [-0.2, -0.15) is 13.2 Å². The minimum Gasteiger partial charge on any atom is -0.390 e. The molecule has 10 heteroatoms. The van der Waals surface area contributed by atoms with Gasteiger partial charge in [-0.1, -0.05) is 6.07 Å². The maximum absolute atomic E-state index is 12.8. The van der Waals surface area contributed by atoms with Crippen LogP contribution in [0, 0.1) is 0 Å². The molecule has 3 aromatic rings. The van der Waals surface area contributed by atoms with Gasteiger partial charge in [0.2, 0.25) is 0 Å². The first-order valence-electron chi connectivity index (χ1n) is 10.2. The van der Waals surface area contributed by atoms with Crippen molar-refractivity contribution in [1.29, 1.82) is 0 Å². The third-order valence-corrected chi connectivity index (χ3v) is 7.27. The number of hydrogen-bond acceptors (Lipinski definition) is 6. The van der Waals surface area contributed by atoms with Gasteiger partial charge in [0, 0.05) is 30.8 Å². The zero-order valence-electron chi connectivity index (χ0n) is 17.1. The molecule has 0 atom stereocenters. The van der Waals surface area contributed by atoms with Crippen LogP contribution in [0.2, 0.25) is 0 Å². The van der Waals surface area contributed by atoms with E-state index in [0.29, 0.717) is 5.56 Å². The summed E-state index contributed by atoms with van der Waals surface area (Å²) in [6.07, 6.45) is -5.34. The lowest BCUT2D eigenvalue weighted by molar-refractivity contribution is -0.150. The van der Waals surface area contributed by atoms with Crippen molar-refractivity contribution in [3.8, 4) is 0 Å². The van der Waals surface area contributed by atoms with Crippen LogP contribution < -0.4 is 4.72 Å². The van der Waals surface area contributed by atoms with Crippen molar-refractivity contribution in [3.63, 3.8) is 0 Å². The minimum absolute atomic E-state index is 0.146. The van der Waals surface area contributed by atoms with Gasteiger partial charge in [-0.15, -0.1) is 11.3 Å². The maximum Gasteiger partial charge on any atom is 0.389 e. The van der Waals surface area contributed by atoms with Gasteiger partial charge in [0.05, 0.1) is 26.2 Å². The number of aliphatic hydroxyl groups is 1. The van der Waals surface area contributed by atoms with E-state index >= 15 is 0 Å². The van der Waals surface area contributed by atoms with Crippen molar-refractivity contribution in [3.05, 3.63) is 53.5 Å². The Morgan fingerprint density at radius 2 is 1.91 bits per heavy atom. The number of fused-ring (bicyclic) bond motifs is 1. The summed E-state index contributed by atoms with van der Waals surface area (Å²) in [4.78, 5) is 19.7. The van der Waals surface area contributed by atoms with Crippen LogP contribution in [-0.2, 0) is 0 Å². The van der Waals surface area contributed by atoms with E-state index in [1.165, 1.54) is 11.9 Å². The number of hydrogen-bond donors (Lipinski definition) is 2. The lowest BCUT2D eigenvalue weighted by atomic mass is 9.86. The molecule has 1 fully saturated rings. The molecule has 0 spiro atoms. The smallest absolute Gasteiger partial charge is 0.389 e. The van der Waals surface area contributed by atoms with Crippen LogP contribution in [0.5, 0.6) is 0 Å². The number of anilines is 1. The Morgan fingerprint density at radius 1 is 1.19 bits per heavy atom. The molecular formula is C22H22F3N3O2S2. The van der Waals surface area contributed by atoms with E-state index in [2.05, 4.69) is 9.71 Å². The zero-order chi connectivity index (χ0) is 22.8. The number of nitrogens with zero attached hydrogens (tertiary/aromatic N) is 2. The number of para-hydroxylation sites is 1. The number of piperidine rings is 1. The highest BCUT2D eigenvalue weighted by molar-refractivity contribution is 8.00. The van der Waals surface area contributed by atoms with Crippen LogP contribution in [-0.4, -0.2) is 45.8 Å². The molecule has 170 valence electrons. The van der Waals surface area contributed by atoms with Crippen molar-refractivity contribution in [2.24, 2.45) is 0 Å². The number of likely N-dealkylation sites (tertiary alicyclic amines) is 1. The molecule has 0 unspecified atom stereocenters. The first-order chi connectivity index (χ1) is 15.2. The number of benzene rings is 2. The van der Waals surface area contributed by atoms with Crippen LogP contribution in [0.4, 0.5) is 18.9 Å². The van der Waals surface area contributed by atoms with Crippen LogP contribution in [0.1, 0.15) is 36.0 Å². The highest BCUT2D eigenvalue weighted by Gasteiger charge is 2.38. The Kier molecular flexibility index (Phi) is 6.64. The largest absolute Gasteiger partial charge is 0.390 e. The van der Waals surface area contributed by atoms with E-state index in [-0.39, 0.29) is 38.3 Å². The number of thiazole rings is 1. The summed E-state index contributed by atoms with van der Waals surface area (Å²) in [6.45, 7) is 0.474. The number of amides is 1. The van der Waals surface area contributed by atoms with E-state index in [9.17, 15) is 23.1 Å². The monoisotopic (exact) mass is 481 g/mol. The molecule has 0 radical (unpaired) electrons. The Bertz CT molecular complexity index is 1080. The molecule has 32 heavy (non-hydrogen) atoms. The molecule has 2 N–H and O–H groups in total. The third-order valence-electron chi connectivity index (χ3n) is 5.59. The summed E-state index contributed by atoms with van der Waals surface area (Å²) in [5.41, 5.74) is 2.73. The van der Waals surface area contributed by atoms with Crippen molar-refractivity contribution < 1.29 is 23.1 Å². The van der Waals surface area contributed by atoms with Gasteiger partial charge in [0.15, 0.2) is 0 Å². The summed E-state index contributed by atoms with van der Waals surface area (Å²) in [5.74, 6) is -0.186. The highest BCUT2D eigenvalue weighted by Crippen LogP contribution is 2.33. The lowest BCUT2D eigenvalue weighted by Crippen LogP contribution is -2.47. The Balaban J connectivity index is 1.31. The number of carbonyl (C=O) groups is 1. The first kappa shape index (κ1) is 22.9. The fourth-order valence-electron chi connectivity index (χ4n) is 3.67. The molecule has 1 saturated heterocycles. The summed E-state index contributed by atoms with van der Waals surface area (Å²) >= 11 is 3.03. The second-order valence-corrected chi connectivity index (χ2v) is 9.60. The van der Waals surface area contributed by atoms with E-state index in [1.807, 2.05) is 35.8 Å². The fraction of sp³-hybridized carbons (Fsp3) is 0.364. The number of nitrogens with one attached hydrogen (secondary N) is 1. The number of rotatable bonds is 6. The van der Waals surface area contributed by atoms with Gasteiger partial charge in [-0.25, -0.2) is 4.98 Å². The summed E-state index contributed by atoms with van der Waals surface area (Å²) in [7, 11) is 0. The van der Waals surface area contributed by atoms with Crippen molar-refractivity contribution >= 4 is 45.1 Å². The summed E-state index contributed by atoms with van der Waals surface area (Å²) in [6, 6.07) is 13.1. The summed E-state index contributed by atoms with van der Waals surface area (Å²) in [5, 5.41) is 10.4. The molecule has 5 nitrogen and oxygen atoms in total. The molecule has 0 bridgehead atoms. The van der Waals surface area contributed by atoms with E-state index < -0.39 is 18.2 Å². The Morgan fingerprint density at radius 3 is 2.59 bits per heavy atom. The standard InChI is InChI=1S/C22H22F3N3O2S2/c23-22(24,25)9-8-21(30)10-12-28(13-11-21)20(29)15-4-6-16(7-5-15)27-32-18-3-1-2-17-19(18)26-14-31-17/h1-7,14,27,30H,8-13H2. The minimum atomic E-state index is -4.29. The predicted molar refractivity (Wildman–Crippen MR) is 121 cm³/mol. The van der Waals surface area contributed by atoms with Crippen molar-refractivity contribution in [2.45, 2.75) is 42.4 Å². The molecule has 0 aliphatic carbocycles. The van der Waals surface area contributed by atoms with Gasteiger partial charge in [-0.3, -0.25) is 4.79 Å². The topological polar surface area (TPSA) is 65.5 Å². The van der Waals surface area contributed by atoms with Gasteiger partial charge < -0.3 is 14.7 Å². The van der Waals surface area contributed by atoms with Gasteiger partial charge in [-0.05, 0) is 67.6 Å². The zero-order valence-corrected chi connectivity index (χ0v) is 18.7. The van der Waals surface area contributed by atoms with Crippen LogP contribution in [0.3, 0.4) is 0 Å².